The molecule has 0 rings (SSSR count). The summed E-state index contributed by atoms with van der Waals surface area (Å²) in [6.45, 7) is 0. The molecule has 0 amide bonds. The van der Waals surface area contributed by atoms with Gasteiger partial charge in [0.15, 0.2) is 0 Å². The largest absolute Gasteiger partial charge is 2.00 e. The van der Waals surface area contributed by atoms with Crippen molar-refractivity contribution in [3.05, 3.63) is 0 Å². The molecule has 0 saturated heterocycles. The van der Waals surface area contributed by atoms with Crippen molar-refractivity contribution in [1.29, 1.82) is 0 Å². The van der Waals surface area contributed by atoms with Gasteiger partial charge in [-0.2, -0.15) is 0 Å². The predicted molar refractivity (Wildman–Crippen MR) is 17.2 cm³/mol. The fourth-order valence-electron chi connectivity index (χ4n) is 0. The molecular formula is H4CaClKO. The second-order valence-electron chi connectivity index (χ2n) is 0. The second-order valence-corrected chi connectivity index (χ2v) is 0. The molecule has 0 bridgehead atoms. The third-order valence-electron chi connectivity index (χ3n) is 0. The molecule has 20 valence electrons. The van der Waals surface area contributed by atoms with E-state index >= 15 is 0 Å². The Labute approximate surface area is 107 Å². The van der Waals surface area contributed by atoms with Gasteiger partial charge in [0.05, 0.1) is 11.9 Å². The van der Waals surface area contributed by atoms with Crippen LogP contribution in [-0.2, 0) is 0 Å². The maximum atomic E-state index is 6.47. The van der Waals surface area contributed by atoms with Crippen LogP contribution < -0.4 is 51.4 Å². The van der Waals surface area contributed by atoms with Crippen LogP contribution in [0.2, 0.25) is 0 Å². The number of halogens is 1. The minimum Gasteiger partial charge on any atom is -1.00 e. The second kappa shape index (κ2) is 16.4. The minimum absolute atomic E-state index is 0. The van der Waals surface area contributed by atoms with Crippen molar-refractivity contribution >= 4 is 49.6 Å². The van der Waals surface area contributed by atoms with Crippen LogP contribution >= 0.6 is 11.9 Å². The van der Waals surface area contributed by atoms with Crippen LogP contribution in [0.25, 0.3) is 0 Å². The van der Waals surface area contributed by atoms with Gasteiger partial charge in [-0.3, -0.25) is 4.66 Å². The Balaban J connectivity index is -0.000000000500. The predicted octanol–water partition coefficient (Wildman–Crippen LogP) is -2.91. The van der Waals surface area contributed by atoms with Crippen molar-refractivity contribution in [3.63, 3.8) is 0 Å². The minimum atomic E-state index is 0. The Morgan fingerprint density at radius 1 is 1.50 bits per heavy atom. The van der Waals surface area contributed by atoms with Gasteiger partial charge in [0.25, 0.3) is 0 Å². The third-order valence-corrected chi connectivity index (χ3v) is 0. The van der Waals surface area contributed by atoms with Crippen LogP contribution in [-0.4, -0.2) is 42.4 Å². The van der Waals surface area contributed by atoms with Crippen LogP contribution in [0.1, 0.15) is 4.28 Å². The van der Waals surface area contributed by atoms with Crippen molar-refractivity contribution in [2.45, 2.75) is 0 Å². The van der Waals surface area contributed by atoms with Gasteiger partial charge in [-0.15, -0.1) is 0 Å². The summed E-state index contributed by atoms with van der Waals surface area (Å²) in [5.41, 5.74) is 0. The number of hydrogen-bond donors (Lipinski definition) is 1. The van der Waals surface area contributed by atoms with E-state index in [9.17, 15) is 0 Å². The van der Waals surface area contributed by atoms with Crippen molar-refractivity contribution in [2.24, 2.45) is 0 Å². The standard InChI is InChI=1S/Ca.ClHO.K.3H/c;1-2;;;;/h;2H;;;;/q+2;;+1;3*-1. The first-order valence-electron chi connectivity index (χ1n) is 0.169. The zero-order chi connectivity index (χ0) is 2.00. The van der Waals surface area contributed by atoms with Gasteiger partial charge < -0.3 is 4.28 Å². The summed E-state index contributed by atoms with van der Waals surface area (Å²) in [6, 6.07) is 0. The Kier molecular flexibility index (Phi) is 64.6. The monoisotopic (exact) mass is 134 g/mol. The SMILES string of the molecule is OCl.[Ca+2].[H-].[H-].[H-].[K+]. The van der Waals surface area contributed by atoms with E-state index in [1.807, 2.05) is 0 Å². The van der Waals surface area contributed by atoms with E-state index in [2.05, 4.69) is 11.9 Å². The van der Waals surface area contributed by atoms with E-state index in [1.54, 1.807) is 0 Å². The van der Waals surface area contributed by atoms with E-state index in [0.717, 1.165) is 0 Å². The summed E-state index contributed by atoms with van der Waals surface area (Å²) in [4.78, 5) is 0. The Morgan fingerprint density at radius 3 is 1.50 bits per heavy atom. The van der Waals surface area contributed by atoms with Gasteiger partial charge in [0, 0.05) is 0 Å². The van der Waals surface area contributed by atoms with Crippen molar-refractivity contribution in [1.82, 2.24) is 0 Å². The Bertz CT molecular complexity index is 14.9. The average Bonchev–Trinajstić information content (AvgIpc) is 1.00. The van der Waals surface area contributed by atoms with Gasteiger partial charge >= 0.3 is 89.1 Å². The average molecular weight is 135 g/mol. The van der Waals surface area contributed by atoms with Crippen LogP contribution in [0.3, 0.4) is 0 Å². The van der Waals surface area contributed by atoms with E-state index < -0.39 is 0 Å². The molecule has 0 spiro atoms. The van der Waals surface area contributed by atoms with Crippen LogP contribution in [0.4, 0.5) is 0 Å². The van der Waals surface area contributed by atoms with Crippen LogP contribution in [0, 0.1) is 0 Å². The molecule has 0 unspecified atom stereocenters. The summed E-state index contributed by atoms with van der Waals surface area (Å²) < 4.78 is 6.47. The molecule has 0 aliphatic rings. The van der Waals surface area contributed by atoms with Crippen LogP contribution in [0.15, 0.2) is 0 Å². The van der Waals surface area contributed by atoms with Crippen molar-refractivity contribution < 1.29 is 60.3 Å². The summed E-state index contributed by atoms with van der Waals surface area (Å²) >= 11 is 3.64. The van der Waals surface area contributed by atoms with E-state index in [0.29, 0.717) is 0 Å². The summed E-state index contributed by atoms with van der Waals surface area (Å²) in [5, 5.41) is 0. The maximum absolute atomic E-state index is 6.47. The third kappa shape index (κ3) is 8.94. The first-order valence-corrected chi connectivity index (χ1v) is 0.507. The van der Waals surface area contributed by atoms with Gasteiger partial charge in [-0.1, -0.05) is 0 Å². The number of rotatable bonds is 0. The van der Waals surface area contributed by atoms with Gasteiger partial charge in [0.1, 0.15) is 0 Å². The number of hydrogen-bond acceptors (Lipinski definition) is 1. The first-order chi connectivity index (χ1) is 1.00. The van der Waals surface area contributed by atoms with Crippen molar-refractivity contribution in [2.75, 3.05) is 0 Å². The molecule has 1 nitrogen and oxygen atoms in total. The Hall–Kier alpha value is 3.15. The molecule has 0 heterocycles. The smallest absolute Gasteiger partial charge is 1.00 e. The Morgan fingerprint density at radius 2 is 1.50 bits per heavy atom. The first kappa shape index (κ1) is 15.7. The molecular weight excluding hydrogens is 131 g/mol. The zero-order valence-corrected chi connectivity index (χ0v) is 8.62. The van der Waals surface area contributed by atoms with E-state index in [1.165, 1.54) is 0 Å². The van der Waals surface area contributed by atoms with Gasteiger partial charge in [-0.25, -0.2) is 0 Å². The quantitative estimate of drug-likeness (QED) is 0.353. The maximum Gasteiger partial charge on any atom is 2.00 e. The summed E-state index contributed by atoms with van der Waals surface area (Å²) in [6.07, 6.45) is 0. The molecule has 0 aromatic heterocycles. The van der Waals surface area contributed by atoms with Crippen molar-refractivity contribution in [3.8, 4) is 0 Å². The van der Waals surface area contributed by atoms with Crippen LogP contribution in [0.5, 0.6) is 0 Å². The molecule has 4 heavy (non-hydrogen) atoms. The molecule has 1 N–H and O–H groups in total. The molecule has 0 atom stereocenters. The zero-order valence-electron chi connectivity index (χ0n) is 5.53. The molecule has 0 saturated carbocycles. The molecule has 0 aliphatic heterocycles. The topological polar surface area (TPSA) is 20.2 Å². The van der Waals surface area contributed by atoms with Gasteiger partial charge in [0.2, 0.25) is 0 Å². The van der Waals surface area contributed by atoms with E-state index in [-0.39, 0.29) is 93.4 Å². The molecule has 0 aromatic rings. The van der Waals surface area contributed by atoms with E-state index in [4.69, 9.17) is 4.66 Å². The fraction of sp³-hybridized carbons (Fsp3) is 0. The molecule has 0 aliphatic carbocycles. The molecule has 4 heteroatoms. The summed E-state index contributed by atoms with van der Waals surface area (Å²) in [7, 11) is 0. The summed E-state index contributed by atoms with van der Waals surface area (Å²) in [5.74, 6) is 0. The molecule has 0 fully saturated rings. The molecule has 0 aromatic carbocycles. The normalized spacial score (nSPS) is 1.50. The fourth-order valence-corrected chi connectivity index (χ4v) is 0. The van der Waals surface area contributed by atoms with Gasteiger partial charge in [-0.05, 0) is 0 Å². The molecule has 0 radical (unpaired) electrons.